The summed E-state index contributed by atoms with van der Waals surface area (Å²) in [5.74, 6) is 6.59. The van der Waals surface area contributed by atoms with Gasteiger partial charge < -0.3 is 15.0 Å². The van der Waals surface area contributed by atoms with Crippen LogP contribution in [0, 0.1) is 31.6 Å². The molecule has 0 radical (unpaired) electrons. The lowest BCUT2D eigenvalue weighted by molar-refractivity contribution is 0.0177. The molecule has 9 heteroatoms. The predicted octanol–water partition coefficient (Wildman–Crippen LogP) is 5.85. The molecule has 8 nitrogen and oxygen atoms in total. The van der Waals surface area contributed by atoms with Gasteiger partial charge in [-0.15, -0.1) is 0 Å². The van der Waals surface area contributed by atoms with Gasteiger partial charge in [0.1, 0.15) is 17.1 Å². The summed E-state index contributed by atoms with van der Waals surface area (Å²) in [6, 6.07) is 9.89. The van der Waals surface area contributed by atoms with Gasteiger partial charge in [0.2, 0.25) is 0 Å². The van der Waals surface area contributed by atoms with Crippen LogP contribution >= 0.6 is 11.6 Å². The highest BCUT2D eigenvalue weighted by Crippen LogP contribution is 2.24. The molecule has 2 amide bonds. The van der Waals surface area contributed by atoms with Gasteiger partial charge in [0, 0.05) is 37.0 Å². The number of rotatable bonds is 4. The molecule has 0 atom stereocenters. The Kier molecular flexibility index (Phi) is 8.61. The number of halogens is 1. The lowest BCUT2D eigenvalue weighted by Crippen LogP contribution is -2.42. The van der Waals surface area contributed by atoms with E-state index in [0.29, 0.717) is 25.5 Å². The van der Waals surface area contributed by atoms with E-state index in [1.165, 1.54) is 6.20 Å². The molecule has 2 aromatic heterocycles. The van der Waals surface area contributed by atoms with Crippen LogP contribution in [0.2, 0.25) is 5.02 Å². The second-order valence-electron chi connectivity index (χ2n) is 10.9. The van der Waals surface area contributed by atoms with Gasteiger partial charge in [-0.05, 0) is 82.7 Å². The van der Waals surface area contributed by atoms with Crippen LogP contribution in [0.1, 0.15) is 66.4 Å². The molecule has 204 valence electrons. The van der Waals surface area contributed by atoms with Crippen molar-refractivity contribution in [3.05, 3.63) is 75.7 Å². The lowest BCUT2D eigenvalue weighted by atomic mass is 9.97. The van der Waals surface area contributed by atoms with Gasteiger partial charge >= 0.3 is 6.09 Å². The normalized spacial score (nSPS) is 13.9. The van der Waals surface area contributed by atoms with Gasteiger partial charge in [-0.2, -0.15) is 5.10 Å². The maximum Gasteiger partial charge on any atom is 0.410 e. The number of aryl methyl sites for hydroxylation is 2. The molecular weight excluding hydrogens is 514 g/mol. The number of ether oxygens (including phenoxy) is 1. The second kappa shape index (κ2) is 11.9. The number of aromatic nitrogens is 3. The summed E-state index contributed by atoms with van der Waals surface area (Å²) in [5.41, 5.74) is 3.39. The standard InChI is InChI=1S/C30H34ClN5O3/c1-20-7-6-8-22(15-20)9-10-24-16-21(2)27(32-17-24)34-28(37)26-25(31)18-33-36(26)19-23-11-13-35(14-12-23)29(38)39-30(3,4)5/h6-8,15-18,23H,11-14,19H2,1-5H3,(H,32,34,37). The van der Waals surface area contributed by atoms with E-state index in [1.54, 1.807) is 15.8 Å². The van der Waals surface area contributed by atoms with Crippen LogP contribution in [0.25, 0.3) is 0 Å². The summed E-state index contributed by atoms with van der Waals surface area (Å²) >= 11 is 6.37. The number of carbonyl (C=O) groups excluding carboxylic acids is 2. The van der Waals surface area contributed by atoms with E-state index in [4.69, 9.17) is 16.3 Å². The van der Waals surface area contributed by atoms with Crippen molar-refractivity contribution in [1.29, 1.82) is 0 Å². The van der Waals surface area contributed by atoms with Gasteiger partial charge in [0.25, 0.3) is 5.91 Å². The third-order valence-electron chi connectivity index (χ3n) is 6.39. The fourth-order valence-electron chi connectivity index (χ4n) is 4.40. The Morgan fingerprint density at radius 1 is 1.10 bits per heavy atom. The van der Waals surface area contributed by atoms with E-state index in [-0.39, 0.29) is 28.6 Å². The first-order valence-corrected chi connectivity index (χ1v) is 13.4. The lowest BCUT2D eigenvalue weighted by Gasteiger charge is -2.33. The monoisotopic (exact) mass is 547 g/mol. The molecule has 1 aromatic carbocycles. The fraction of sp³-hybridized carbons (Fsp3) is 0.400. The number of benzene rings is 1. The maximum atomic E-state index is 13.2. The van der Waals surface area contributed by atoms with Crippen LogP contribution < -0.4 is 5.32 Å². The third-order valence-corrected chi connectivity index (χ3v) is 6.66. The number of piperidine rings is 1. The van der Waals surface area contributed by atoms with Gasteiger partial charge in [-0.25, -0.2) is 9.78 Å². The van der Waals surface area contributed by atoms with E-state index < -0.39 is 5.60 Å². The smallest absolute Gasteiger partial charge is 0.410 e. The van der Waals surface area contributed by atoms with Crippen LogP contribution in [0.15, 0.2) is 42.7 Å². The molecule has 1 N–H and O–H groups in total. The Balaban J connectivity index is 1.39. The molecule has 39 heavy (non-hydrogen) atoms. The minimum Gasteiger partial charge on any atom is -0.444 e. The van der Waals surface area contributed by atoms with Crippen LogP contribution in [0.4, 0.5) is 10.6 Å². The predicted molar refractivity (Wildman–Crippen MR) is 152 cm³/mol. The largest absolute Gasteiger partial charge is 0.444 e. The van der Waals surface area contributed by atoms with E-state index >= 15 is 0 Å². The van der Waals surface area contributed by atoms with Crippen LogP contribution in [0.3, 0.4) is 0 Å². The average Bonchev–Trinajstić information content (AvgIpc) is 3.23. The van der Waals surface area contributed by atoms with E-state index in [2.05, 4.69) is 27.2 Å². The Morgan fingerprint density at radius 2 is 1.82 bits per heavy atom. The van der Waals surface area contributed by atoms with Crippen LogP contribution in [0.5, 0.6) is 0 Å². The van der Waals surface area contributed by atoms with E-state index in [9.17, 15) is 9.59 Å². The summed E-state index contributed by atoms with van der Waals surface area (Å²) in [5, 5.41) is 7.50. The summed E-state index contributed by atoms with van der Waals surface area (Å²) in [6.07, 6.45) is 4.39. The second-order valence-corrected chi connectivity index (χ2v) is 11.3. The van der Waals surface area contributed by atoms with E-state index in [1.807, 2.05) is 65.0 Å². The molecule has 0 spiro atoms. The van der Waals surface area contributed by atoms with Crippen molar-refractivity contribution in [2.75, 3.05) is 18.4 Å². The van der Waals surface area contributed by atoms with Gasteiger partial charge in [-0.3, -0.25) is 9.48 Å². The van der Waals surface area contributed by atoms with Gasteiger partial charge in [0.15, 0.2) is 0 Å². The van der Waals surface area contributed by atoms with Crippen LogP contribution in [-0.4, -0.2) is 50.4 Å². The third kappa shape index (κ3) is 7.61. The van der Waals surface area contributed by atoms with Crippen molar-refractivity contribution in [3.8, 4) is 11.8 Å². The van der Waals surface area contributed by atoms with Crippen molar-refractivity contribution in [2.45, 2.75) is 59.6 Å². The highest BCUT2D eigenvalue weighted by molar-refractivity contribution is 6.34. The SMILES string of the molecule is Cc1cccc(C#Cc2cnc(NC(=O)c3c(Cl)cnn3CC3CCN(C(=O)OC(C)(C)C)CC3)c(C)c2)c1. The molecule has 3 aromatic rings. The van der Waals surface area contributed by atoms with Crippen molar-refractivity contribution < 1.29 is 14.3 Å². The maximum absolute atomic E-state index is 13.2. The zero-order valence-corrected chi connectivity index (χ0v) is 23.8. The number of nitrogens with zero attached hydrogens (tertiary/aromatic N) is 4. The van der Waals surface area contributed by atoms with E-state index in [0.717, 1.165) is 35.1 Å². The highest BCUT2D eigenvalue weighted by atomic mass is 35.5. The molecular formula is C30H34ClN5O3. The first-order valence-electron chi connectivity index (χ1n) is 13.0. The number of likely N-dealkylation sites (tertiary alicyclic amines) is 1. The number of amides is 2. The molecule has 0 aliphatic carbocycles. The number of anilines is 1. The highest BCUT2D eigenvalue weighted by Gasteiger charge is 2.28. The average molecular weight is 548 g/mol. The number of nitrogens with one attached hydrogen (secondary N) is 1. The van der Waals surface area contributed by atoms with Crippen molar-refractivity contribution in [3.63, 3.8) is 0 Å². The van der Waals surface area contributed by atoms with Crippen molar-refractivity contribution in [1.82, 2.24) is 19.7 Å². The zero-order valence-electron chi connectivity index (χ0n) is 23.0. The molecule has 1 aliphatic rings. The summed E-state index contributed by atoms with van der Waals surface area (Å²) < 4.78 is 7.12. The minimum absolute atomic E-state index is 0.248. The molecule has 0 saturated carbocycles. The quantitative estimate of drug-likeness (QED) is 0.414. The first-order chi connectivity index (χ1) is 18.5. The number of carbonyl (C=O) groups is 2. The minimum atomic E-state index is -0.524. The summed E-state index contributed by atoms with van der Waals surface area (Å²) in [6.45, 7) is 11.2. The molecule has 1 fully saturated rings. The molecule has 0 unspecified atom stereocenters. The van der Waals surface area contributed by atoms with Gasteiger partial charge in [0.05, 0.1) is 11.2 Å². The Hall–Kier alpha value is -3.83. The molecule has 1 aliphatic heterocycles. The fourth-order valence-corrected chi connectivity index (χ4v) is 4.63. The zero-order chi connectivity index (χ0) is 28.2. The molecule has 3 heterocycles. The molecule has 4 rings (SSSR count). The van der Waals surface area contributed by atoms with Crippen molar-refractivity contribution >= 4 is 29.4 Å². The van der Waals surface area contributed by atoms with Crippen LogP contribution in [-0.2, 0) is 11.3 Å². The summed E-state index contributed by atoms with van der Waals surface area (Å²) in [4.78, 5) is 31.7. The molecule has 0 bridgehead atoms. The Morgan fingerprint density at radius 3 is 2.49 bits per heavy atom. The summed E-state index contributed by atoms with van der Waals surface area (Å²) in [7, 11) is 0. The number of hydrogen-bond donors (Lipinski definition) is 1. The Bertz CT molecular complexity index is 1420. The number of hydrogen-bond acceptors (Lipinski definition) is 5. The Labute approximate surface area is 234 Å². The molecule has 1 saturated heterocycles. The van der Waals surface area contributed by atoms with Gasteiger partial charge in [-0.1, -0.05) is 35.6 Å². The topological polar surface area (TPSA) is 89.4 Å². The first kappa shape index (κ1) is 28.2. The van der Waals surface area contributed by atoms with Crippen molar-refractivity contribution in [2.24, 2.45) is 5.92 Å². The number of pyridine rings is 1.